The molecule has 0 radical (unpaired) electrons. The van der Waals surface area contributed by atoms with Gasteiger partial charge in [-0.1, -0.05) is 27.7 Å². The van der Waals surface area contributed by atoms with Crippen LogP contribution >= 0.6 is 11.3 Å². The summed E-state index contributed by atoms with van der Waals surface area (Å²) in [5.41, 5.74) is -0.442. The Hall–Kier alpha value is -0.300. The lowest BCUT2D eigenvalue weighted by atomic mass is 10.1. The average Bonchev–Trinajstić information content (AvgIpc) is 2.84. The first-order valence-electron chi connectivity index (χ1n) is 5.65. The molecule has 0 aliphatic heterocycles. The third-order valence-electron chi connectivity index (χ3n) is 1.71. The van der Waals surface area contributed by atoms with Crippen molar-refractivity contribution in [2.75, 3.05) is 7.11 Å². The molecule has 1 atom stereocenters. The average molecular weight is 280 g/mol. The van der Waals surface area contributed by atoms with Gasteiger partial charge in [0.25, 0.3) is 0 Å². The molecule has 0 aliphatic carbocycles. The first-order valence-corrected chi connectivity index (χ1v) is 7.68. The molecular formula is C11H24N2O2S2. The van der Waals surface area contributed by atoms with Gasteiger partial charge in [0.2, 0.25) is 0 Å². The van der Waals surface area contributed by atoms with Crippen LogP contribution in [-0.4, -0.2) is 16.3 Å². The summed E-state index contributed by atoms with van der Waals surface area (Å²) >= 11 is 1.31. The van der Waals surface area contributed by atoms with Gasteiger partial charge in [0.1, 0.15) is 25.8 Å². The summed E-state index contributed by atoms with van der Waals surface area (Å²) < 4.78 is 16.7. The Morgan fingerprint density at radius 1 is 1.35 bits per heavy atom. The van der Waals surface area contributed by atoms with Gasteiger partial charge in [0.05, 0.1) is 6.20 Å². The number of nitrogens with zero attached hydrogens (tertiary/aromatic N) is 1. The van der Waals surface area contributed by atoms with Crippen LogP contribution in [-0.2, 0) is 21.3 Å². The Balaban J connectivity index is 0. The highest BCUT2D eigenvalue weighted by Gasteiger charge is 2.24. The number of thiazole rings is 1. The molecule has 1 unspecified atom stereocenters. The summed E-state index contributed by atoms with van der Waals surface area (Å²) in [5, 5.41) is 5.99. The number of rotatable bonds is 3. The smallest absolute Gasteiger partial charge is 0.134 e. The Morgan fingerprint density at radius 2 is 1.82 bits per heavy atom. The van der Waals surface area contributed by atoms with E-state index in [4.69, 9.17) is 9.88 Å². The molecule has 0 aliphatic rings. The molecule has 0 bridgehead atoms. The lowest BCUT2D eigenvalue weighted by Gasteiger charge is -2.19. The Labute approximate surface area is 111 Å². The summed E-state index contributed by atoms with van der Waals surface area (Å²) in [4.78, 5) is 4.10. The van der Waals surface area contributed by atoms with E-state index >= 15 is 0 Å². The Kier molecular flexibility index (Phi) is 10.9. The molecule has 0 amide bonds. The summed E-state index contributed by atoms with van der Waals surface area (Å²) in [6, 6.07) is 0. The fourth-order valence-electron chi connectivity index (χ4n) is 0.718. The number of ether oxygens (including phenoxy) is 1. The van der Waals surface area contributed by atoms with Crippen molar-refractivity contribution < 1.29 is 8.95 Å². The van der Waals surface area contributed by atoms with Crippen LogP contribution in [0.3, 0.4) is 0 Å². The number of aromatic nitrogens is 1. The monoisotopic (exact) mass is 280 g/mol. The maximum absolute atomic E-state index is 10.9. The molecule has 17 heavy (non-hydrogen) atoms. The molecule has 4 nitrogen and oxygen atoms in total. The van der Waals surface area contributed by atoms with E-state index in [0.29, 0.717) is 4.21 Å². The van der Waals surface area contributed by atoms with Crippen LogP contribution in [0.1, 0.15) is 46.6 Å². The molecule has 1 aromatic heterocycles. The van der Waals surface area contributed by atoms with E-state index in [1.54, 1.807) is 7.11 Å². The van der Waals surface area contributed by atoms with Crippen LogP contribution in [0.4, 0.5) is 0 Å². The first-order chi connectivity index (χ1) is 7.97. The van der Waals surface area contributed by atoms with E-state index in [1.165, 1.54) is 17.5 Å². The predicted octanol–water partition coefficient (Wildman–Crippen LogP) is 3.06. The normalized spacial score (nSPS) is 11.8. The zero-order valence-electron chi connectivity index (χ0n) is 11.7. The minimum Gasteiger partial charge on any atom is -0.372 e. The van der Waals surface area contributed by atoms with Crippen molar-refractivity contribution in [1.29, 1.82) is 0 Å². The minimum absolute atomic E-state index is 0.442. The highest BCUT2D eigenvalue weighted by Crippen LogP contribution is 2.28. The molecule has 0 aromatic carbocycles. The zero-order valence-corrected chi connectivity index (χ0v) is 13.4. The highest BCUT2D eigenvalue weighted by molar-refractivity contribution is 7.85. The number of hydrogen-bond acceptors (Lipinski definition) is 4. The van der Waals surface area contributed by atoms with Crippen LogP contribution in [0.25, 0.3) is 0 Å². The van der Waals surface area contributed by atoms with Gasteiger partial charge in [-0.25, -0.2) is 14.3 Å². The van der Waals surface area contributed by atoms with Crippen LogP contribution in [0.5, 0.6) is 0 Å². The molecule has 102 valence electrons. The topological polar surface area (TPSA) is 65.2 Å². The molecule has 0 saturated carbocycles. The van der Waals surface area contributed by atoms with E-state index in [9.17, 15) is 4.21 Å². The molecule has 0 fully saturated rings. The fourth-order valence-corrected chi connectivity index (χ4v) is 2.17. The SMILES string of the molecule is CC.CC.COC(C)(C)c1ncc(S(N)=O)s1. The van der Waals surface area contributed by atoms with Crippen molar-refractivity contribution in [3.63, 3.8) is 0 Å². The van der Waals surface area contributed by atoms with Crippen LogP contribution < -0.4 is 5.14 Å². The van der Waals surface area contributed by atoms with Crippen molar-refractivity contribution in [3.8, 4) is 0 Å². The maximum Gasteiger partial charge on any atom is 0.134 e. The molecule has 0 spiro atoms. The molecule has 1 aromatic rings. The lowest BCUT2D eigenvalue weighted by molar-refractivity contribution is 0.0190. The lowest BCUT2D eigenvalue weighted by Crippen LogP contribution is -2.18. The largest absolute Gasteiger partial charge is 0.372 e. The maximum atomic E-state index is 10.9. The molecule has 2 N–H and O–H groups in total. The van der Waals surface area contributed by atoms with Gasteiger partial charge in [-0.15, -0.1) is 11.3 Å². The van der Waals surface area contributed by atoms with Gasteiger partial charge >= 0.3 is 0 Å². The van der Waals surface area contributed by atoms with Crippen molar-refractivity contribution in [2.24, 2.45) is 5.14 Å². The third kappa shape index (κ3) is 6.26. The van der Waals surface area contributed by atoms with Gasteiger partial charge < -0.3 is 4.74 Å². The van der Waals surface area contributed by atoms with Crippen LogP contribution in [0.15, 0.2) is 10.4 Å². The van der Waals surface area contributed by atoms with E-state index in [0.717, 1.165) is 5.01 Å². The van der Waals surface area contributed by atoms with Crippen molar-refractivity contribution in [3.05, 3.63) is 11.2 Å². The van der Waals surface area contributed by atoms with Gasteiger partial charge in [-0.3, -0.25) is 0 Å². The number of methoxy groups -OCH3 is 1. The predicted molar refractivity (Wildman–Crippen MR) is 75.4 cm³/mol. The summed E-state index contributed by atoms with van der Waals surface area (Å²) in [6.07, 6.45) is 1.52. The van der Waals surface area contributed by atoms with Crippen molar-refractivity contribution in [1.82, 2.24) is 4.98 Å². The van der Waals surface area contributed by atoms with E-state index < -0.39 is 16.6 Å². The first kappa shape index (κ1) is 19.0. The zero-order chi connectivity index (χ0) is 14.1. The third-order valence-corrected chi connectivity index (χ3v) is 4.05. The van der Waals surface area contributed by atoms with Gasteiger partial charge in [0, 0.05) is 7.11 Å². The Morgan fingerprint density at radius 3 is 2.12 bits per heavy atom. The fraction of sp³-hybridized carbons (Fsp3) is 0.727. The Bertz CT molecular complexity index is 325. The molecule has 1 rings (SSSR count). The standard InChI is InChI=1S/C7H12N2O2S2.2C2H6/c1-7(2,11-3)6-9-4-5(12-6)13(8)10;2*1-2/h4H,8H2,1-3H3;2*1-2H3. The highest BCUT2D eigenvalue weighted by atomic mass is 32.2. The van der Waals surface area contributed by atoms with Gasteiger partial charge in [-0.05, 0) is 13.8 Å². The minimum atomic E-state index is -1.44. The quantitative estimate of drug-likeness (QED) is 0.925. The number of nitrogens with two attached hydrogens (primary N) is 1. The second kappa shape index (κ2) is 9.70. The summed E-state index contributed by atoms with van der Waals surface area (Å²) in [7, 11) is 0.167. The van der Waals surface area contributed by atoms with E-state index in [-0.39, 0.29) is 0 Å². The molecule has 0 saturated heterocycles. The second-order valence-corrected chi connectivity index (χ2v) is 5.32. The molecule has 6 heteroatoms. The molecular weight excluding hydrogens is 256 g/mol. The van der Waals surface area contributed by atoms with Crippen LogP contribution in [0.2, 0.25) is 0 Å². The molecule has 1 heterocycles. The summed E-state index contributed by atoms with van der Waals surface area (Å²) in [6.45, 7) is 11.8. The van der Waals surface area contributed by atoms with Crippen LogP contribution in [0, 0.1) is 0 Å². The summed E-state index contributed by atoms with van der Waals surface area (Å²) in [5.74, 6) is 0. The number of hydrogen-bond donors (Lipinski definition) is 1. The van der Waals surface area contributed by atoms with E-state index in [1.807, 2.05) is 41.5 Å². The van der Waals surface area contributed by atoms with Gasteiger partial charge in [0.15, 0.2) is 0 Å². The van der Waals surface area contributed by atoms with E-state index in [2.05, 4.69) is 4.98 Å². The van der Waals surface area contributed by atoms with Crippen molar-refractivity contribution in [2.45, 2.75) is 51.4 Å². The second-order valence-electron chi connectivity index (χ2n) is 3.00. The van der Waals surface area contributed by atoms with Crippen molar-refractivity contribution >= 4 is 22.3 Å². The van der Waals surface area contributed by atoms with Gasteiger partial charge in [-0.2, -0.15) is 0 Å².